The summed E-state index contributed by atoms with van der Waals surface area (Å²) in [6.07, 6.45) is 4.17. The molecule has 0 fully saturated rings. The Hall–Kier alpha value is -0.570. The molecule has 0 aliphatic carbocycles. The third kappa shape index (κ3) is 6.50. The Morgan fingerprint density at radius 2 is 1.73 bits per heavy atom. The molecule has 3 nitrogen and oxygen atoms in total. The smallest absolute Gasteiger partial charge is 0.220 e. The first-order chi connectivity index (χ1) is 6.99. The summed E-state index contributed by atoms with van der Waals surface area (Å²) in [6.45, 7) is 6.31. The lowest BCUT2D eigenvalue weighted by molar-refractivity contribution is -0.124. The minimum Gasteiger partial charge on any atom is -0.396 e. The van der Waals surface area contributed by atoms with Crippen LogP contribution in [0.5, 0.6) is 0 Å². The van der Waals surface area contributed by atoms with Gasteiger partial charge in [0.1, 0.15) is 0 Å². The fourth-order valence-electron chi connectivity index (χ4n) is 1.75. The van der Waals surface area contributed by atoms with E-state index in [9.17, 15) is 4.79 Å². The van der Waals surface area contributed by atoms with Crippen molar-refractivity contribution >= 4 is 5.91 Å². The topological polar surface area (TPSA) is 63.3 Å². The van der Waals surface area contributed by atoms with Gasteiger partial charge in [0, 0.05) is 12.5 Å². The van der Waals surface area contributed by atoms with Crippen molar-refractivity contribution in [2.24, 2.45) is 23.5 Å². The molecular weight excluding hydrogens is 190 g/mol. The van der Waals surface area contributed by atoms with E-state index in [-0.39, 0.29) is 24.3 Å². The predicted molar refractivity (Wildman–Crippen MR) is 62.2 cm³/mol. The summed E-state index contributed by atoms with van der Waals surface area (Å²) >= 11 is 0. The highest BCUT2D eigenvalue weighted by molar-refractivity contribution is 5.76. The summed E-state index contributed by atoms with van der Waals surface area (Å²) in [5, 5.41) is 8.99. The molecule has 0 aromatic carbocycles. The van der Waals surface area contributed by atoms with Crippen LogP contribution in [0.1, 0.15) is 46.5 Å². The second-order valence-corrected chi connectivity index (χ2v) is 4.85. The molecule has 0 aromatic rings. The lowest BCUT2D eigenvalue weighted by atomic mass is 9.88. The van der Waals surface area contributed by atoms with Gasteiger partial charge < -0.3 is 10.8 Å². The Balaban J connectivity index is 3.82. The highest BCUT2D eigenvalue weighted by atomic mass is 16.3. The van der Waals surface area contributed by atoms with Crippen LogP contribution in [0, 0.1) is 17.8 Å². The van der Waals surface area contributed by atoms with Gasteiger partial charge >= 0.3 is 0 Å². The van der Waals surface area contributed by atoms with E-state index in [1.807, 2.05) is 6.92 Å². The monoisotopic (exact) mass is 215 g/mol. The normalized spacial score (nSPS) is 15.3. The molecule has 0 aromatic heterocycles. The number of rotatable bonds is 8. The summed E-state index contributed by atoms with van der Waals surface area (Å²) in [6, 6.07) is 0. The van der Waals surface area contributed by atoms with Gasteiger partial charge in [0.15, 0.2) is 0 Å². The first-order valence-electron chi connectivity index (χ1n) is 5.89. The van der Waals surface area contributed by atoms with E-state index in [0.717, 1.165) is 19.3 Å². The molecule has 0 radical (unpaired) electrons. The third-order valence-corrected chi connectivity index (χ3v) is 2.89. The van der Waals surface area contributed by atoms with E-state index in [2.05, 4.69) is 13.8 Å². The van der Waals surface area contributed by atoms with Gasteiger partial charge in [0.05, 0.1) is 0 Å². The Bertz CT molecular complexity index is 180. The zero-order valence-corrected chi connectivity index (χ0v) is 10.2. The lowest BCUT2D eigenvalue weighted by Crippen LogP contribution is -2.30. The van der Waals surface area contributed by atoms with Crippen LogP contribution in [-0.4, -0.2) is 17.6 Å². The van der Waals surface area contributed by atoms with Gasteiger partial charge in [-0.25, -0.2) is 0 Å². The van der Waals surface area contributed by atoms with Crippen molar-refractivity contribution in [1.82, 2.24) is 0 Å². The fourth-order valence-corrected chi connectivity index (χ4v) is 1.75. The number of aliphatic hydroxyl groups excluding tert-OH is 1. The number of amides is 1. The molecule has 0 saturated carbocycles. The van der Waals surface area contributed by atoms with E-state index in [0.29, 0.717) is 5.92 Å². The molecular formula is C12H25NO2. The molecule has 0 spiro atoms. The van der Waals surface area contributed by atoms with Crippen molar-refractivity contribution in [3.63, 3.8) is 0 Å². The summed E-state index contributed by atoms with van der Waals surface area (Å²) in [7, 11) is 0. The third-order valence-electron chi connectivity index (χ3n) is 2.89. The highest BCUT2D eigenvalue weighted by Crippen LogP contribution is 2.19. The fraction of sp³-hybridized carbons (Fsp3) is 0.917. The van der Waals surface area contributed by atoms with Gasteiger partial charge in [0.25, 0.3) is 0 Å². The number of nitrogens with two attached hydrogens (primary N) is 1. The lowest BCUT2D eigenvalue weighted by Gasteiger charge is -2.18. The number of hydrogen-bond donors (Lipinski definition) is 2. The molecule has 3 N–H and O–H groups in total. The molecule has 1 amide bonds. The largest absolute Gasteiger partial charge is 0.396 e. The highest BCUT2D eigenvalue weighted by Gasteiger charge is 2.21. The molecule has 3 heteroatoms. The van der Waals surface area contributed by atoms with Crippen LogP contribution < -0.4 is 5.73 Å². The first kappa shape index (κ1) is 14.4. The van der Waals surface area contributed by atoms with E-state index >= 15 is 0 Å². The van der Waals surface area contributed by atoms with Crippen LogP contribution in [-0.2, 0) is 4.79 Å². The molecule has 2 atom stereocenters. The van der Waals surface area contributed by atoms with Crippen molar-refractivity contribution in [3.05, 3.63) is 0 Å². The molecule has 0 heterocycles. The van der Waals surface area contributed by atoms with Crippen LogP contribution >= 0.6 is 0 Å². The van der Waals surface area contributed by atoms with Crippen molar-refractivity contribution in [2.45, 2.75) is 46.5 Å². The second kappa shape index (κ2) is 7.69. The summed E-state index contributed by atoms with van der Waals surface area (Å²) < 4.78 is 0. The first-order valence-corrected chi connectivity index (χ1v) is 5.89. The maximum atomic E-state index is 11.1. The Morgan fingerprint density at radius 3 is 2.13 bits per heavy atom. The Labute approximate surface area is 93.0 Å². The summed E-state index contributed by atoms with van der Waals surface area (Å²) in [5.74, 6) is 0.261. The minimum absolute atomic E-state index is 0.0125. The van der Waals surface area contributed by atoms with Crippen molar-refractivity contribution in [2.75, 3.05) is 6.61 Å². The summed E-state index contributed by atoms with van der Waals surface area (Å²) in [5.41, 5.74) is 5.31. The number of aliphatic hydroxyl groups is 1. The van der Waals surface area contributed by atoms with Crippen molar-refractivity contribution < 1.29 is 9.90 Å². The van der Waals surface area contributed by atoms with Crippen LogP contribution in [0.15, 0.2) is 0 Å². The molecule has 0 rings (SSSR count). The standard InChI is InChI=1S/C12H25NO2/c1-9(2)6-4-5-7-11(12(13)15)10(3)8-14/h9-11,14H,4-8H2,1-3H3,(H2,13,15). The maximum absolute atomic E-state index is 11.1. The maximum Gasteiger partial charge on any atom is 0.220 e. The predicted octanol–water partition coefficient (Wildman–Crippen LogP) is 1.93. The van der Waals surface area contributed by atoms with Gasteiger partial charge in [-0.2, -0.15) is 0 Å². The van der Waals surface area contributed by atoms with Crippen LogP contribution in [0.4, 0.5) is 0 Å². The van der Waals surface area contributed by atoms with Gasteiger partial charge in [-0.3, -0.25) is 4.79 Å². The molecule has 0 bridgehead atoms. The SMILES string of the molecule is CC(C)CCCCC(C(N)=O)C(C)CO. The van der Waals surface area contributed by atoms with Gasteiger partial charge in [0.2, 0.25) is 5.91 Å². The van der Waals surface area contributed by atoms with Crippen LogP contribution in [0.2, 0.25) is 0 Å². The summed E-state index contributed by atoms with van der Waals surface area (Å²) in [4.78, 5) is 11.1. The minimum atomic E-state index is -0.277. The number of carbonyl (C=O) groups is 1. The number of primary amides is 1. The van der Waals surface area contributed by atoms with Crippen LogP contribution in [0.25, 0.3) is 0 Å². The van der Waals surface area contributed by atoms with E-state index in [1.165, 1.54) is 6.42 Å². The molecule has 2 unspecified atom stereocenters. The van der Waals surface area contributed by atoms with Crippen molar-refractivity contribution in [3.8, 4) is 0 Å². The number of unbranched alkanes of at least 4 members (excludes halogenated alkanes) is 1. The average Bonchev–Trinajstić information content (AvgIpc) is 2.15. The van der Waals surface area contributed by atoms with E-state index < -0.39 is 0 Å². The van der Waals surface area contributed by atoms with Crippen molar-refractivity contribution in [1.29, 1.82) is 0 Å². The molecule has 15 heavy (non-hydrogen) atoms. The molecule has 90 valence electrons. The Morgan fingerprint density at radius 1 is 1.20 bits per heavy atom. The van der Waals surface area contributed by atoms with Crippen LogP contribution in [0.3, 0.4) is 0 Å². The molecule has 0 saturated heterocycles. The zero-order valence-electron chi connectivity index (χ0n) is 10.2. The van der Waals surface area contributed by atoms with Gasteiger partial charge in [-0.1, -0.05) is 40.0 Å². The quantitative estimate of drug-likeness (QED) is 0.608. The molecule has 0 aliphatic heterocycles. The average molecular weight is 215 g/mol. The van der Waals surface area contributed by atoms with E-state index in [4.69, 9.17) is 10.8 Å². The second-order valence-electron chi connectivity index (χ2n) is 4.85. The van der Waals surface area contributed by atoms with Gasteiger partial charge in [-0.15, -0.1) is 0 Å². The Kier molecular flexibility index (Phi) is 7.39. The number of carbonyl (C=O) groups excluding carboxylic acids is 1. The zero-order chi connectivity index (χ0) is 11.8. The van der Waals surface area contributed by atoms with E-state index in [1.54, 1.807) is 0 Å². The van der Waals surface area contributed by atoms with Gasteiger partial charge in [-0.05, 0) is 18.3 Å². The molecule has 0 aliphatic rings. The number of hydrogen-bond acceptors (Lipinski definition) is 2.